The Labute approximate surface area is 110 Å². The summed E-state index contributed by atoms with van der Waals surface area (Å²) in [4.78, 5) is 19.5. The first-order chi connectivity index (χ1) is 8.63. The Kier molecular flexibility index (Phi) is 5.12. The molecule has 1 aromatic carbocycles. The lowest BCUT2D eigenvalue weighted by Crippen LogP contribution is -1.95. The summed E-state index contributed by atoms with van der Waals surface area (Å²) in [5, 5.41) is 0.503. The highest BCUT2D eigenvalue weighted by atomic mass is 32.1. The Morgan fingerprint density at radius 1 is 1.44 bits per heavy atom. The van der Waals surface area contributed by atoms with Crippen LogP contribution in [-0.4, -0.2) is 19.0 Å². The highest BCUT2D eigenvalue weighted by molar-refractivity contribution is 7.97. The van der Waals surface area contributed by atoms with E-state index in [1.54, 1.807) is 7.11 Å². The minimum atomic E-state index is -0.295. The number of hydrogen-bond acceptors (Lipinski definition) is 4. The number of carbonyl (C=O) groups excluding carboxylic acids is 2. The molecular weight excluding hydrogens is 252 g/mol. The normalized spacial score (nSPS) is 9.94. The quantitative estimate of drug-likeness (QED) is 0.868. The molecule has 0 aliphatic heterocycles. The van der Waals surface area contributed by atoms with Crippen LogP contribution in [0.2, 0.25) is 0 Å². The lowest BCUT2D eigenvalue weighted by molar-refractivity contribution is -0.0979. The molecule has 1 aromatic heterocycles. The largest absolute Gasteiger partial charge is 0.458 e. The summed E-state index contributed by atoms with van der Waals surface area (Å²) in [7, 11) is 1.56. The van der Waals surface area contributed by atoms with Gasteiger partial charge in [0.15, 0.2) is 0 Å². The van der Waals surface area contributed by atoms with E-state index >= 15 is 0 Å². The molecular formula is C13H14O4S. The number of thiol groups is 1. The summed E-state index contributed by atoms with van der Waals surface area (Å²) in [5.41, 5.74) is 2.27. The molecule has 0 bridgehead atoms. The maximum absolute atomic E-state index is 11.5. The Hall–Kier alpha value is -1.59. The molecule has 0 aliphatic carbocycles. The molecule has 18 heavy (non-hydrogen) atoms. The van der Waals surface area contributed by atoms with E-state index in [9.17, 15) is 4.79 Å². The predicted molar refractivity (Wildman–Crippen MR) is 72.1 cm³/mol. The number of carbonyl (C=O) groups is 2. The smallest absolute Gasteiger partial charge is 0.220 e. The van der Waals surface area contributed by atoms with Crippen molar-refractivity contribution in [1.82, 2.24) is 0 Å². The third-order valence-electron chi connectivity index (χ3n) is 2.41. The first kappa shape index (κ1) is 14.5. The molecule has 0 fully saturated rings. The summed E-state index contributed by atoms with van der Waals surface area (Å²) in [5.74, 6) is 0.531. The monoisotopic (exact) mass is 266 g/mol. The van der Waals surface area contributed by atoms with E-state index in [0.29, 0.717) is 16.9 Å². The number of fused-ring (bicyclic) bond motifs is 1. The zero-order chi connectivity index (χ0) is 13.7. The summed E-state index contributed by atoms with van der Waals surface area (Å²) >= 11 is 3.87. The zero-order valence-electron chi connectivity index (χ0n) is 10.2. The number of hydrogen-bond donors (Lipinski definition) is 1. The zero-order valence-corrected chi connectivity index (χ0v) is 11.1. The van der Waals surface area contributed by atoms with E-state index in [1.165, 1.54) is 0 Å². The SMILES string of the molecule is C=O.COCc1oc2ccc(C)cc2c1C(=O)S. The highest BCUT2D eigenvalue weighted by Gasteiger charge is 2.18. The molecule has 0 unspecified atom stereocenters. The van der Waals surface area contributed by atoms with Crippen LogP contribution in [0, 0.1) is 6.92 Å². The van der Waals surface area contributed by atoms with Crippen LogP contribution in [0.25, 0.3) is 11.0 Å². The Bertz CT molecular complexity index is 559. The standard InChI is InChI=1S/C12H12O3S.CH2O/c1-7-3-4-9-8(5-7)11(12(13)16)10(15-9)6-14-2;1-2/h3-5H,6H2,1-2H3,(H,13,16);1H2. The van der Waals surface area contributed by atoms with Crippen molar-refractivity contribution < 1.29 is 18.7 Å². The van der Waals surface area contributed by atoms with E-state index in [4.69, 9.17) is 13.9 Å². The van der Waals surface area contributed by atoms with Crippen LogP contribution in [0.4, 0.5) is 0 Å². The molecule has 4 nitrogen and oxygen atoms in total. The maximum Gasteiger partial charge on any atom is 0.220 e. The molecule has 96 valence electrons. The van der Waals surface area contributed by atoms with Crippen LogP contribution < -0.4 is 0 Å². The summed E-state index contributed by atoms with van der Waals surface area (Å²) in [6, 6.07) is 5.71. The van der Waals surface area contributed by atoms with Gasteiger partial charge in [0, 0.05) is 12.5 Å². The van der Waals surface area contributed by atoms with Crippen LogP contribution in [0.1, 0.15) is 21.7 Å². The molecule has 2 aromatic rings. The van der Waals surface area contributed by atoms with Gasteiger partial charge in [-0.05, 0) is 19.1 Å². The maximum atomic E-state index is 11.5. The lowest BCUT2D eigenvalue weighted by atomic mass is 10.1. The molecule has 0 radical (unpaired) electrons. The second-order valence-electron chi connectivity index (χ2n) is 3.64. The van der Waals surface area contributed by atoms with Gasteiger partial charge < -0.3 is 13.9 Å². The van der Waals surface area contributed by atoms with Gasteiger partial charge in [0.1, 0.15) is 24.7 Å². The van der Waals surface area contributed by atoms with E-state index in [-0.39, 0.29) is 11.7 Å². The first-order valence-electron chi connectivity index (χ1n) is 5.16. The van der Waals surface area contributed by atoms with Crippen molar-refractivity contribution in [2.24, 2.45) is 0 Å². The lowest BCUT2D eigenvalue weighted by Gasteiger charge is -1.96. The third-order valence-corrected chi connectivity index (χ3v) is 2.63. The van der Waals surface area contributed by atoms with Crippen molar-refractivity contribution in [2.75, 3.05) is 7.11 Å². The van der Waals surface area contributed by atoms with Crippen molar-refractivity contribution in [3.63, 3.8) is 0 Å². The van der Waals surface area contributed by atoms with Crippen LogP contribution >= 0.6 is 12.6 Å². The fourth-order valence-electron chi connectivity index (χ4n) is 1.73. The average Bonchev–Trinajstić information content (AvgIpc) is 2.69. The topological polar surface area (TPSA) is 56.5 Å². The molecule has 1 heterocycles. The van der Waals surface area contributed by atoms with Gasteiger partial charge in [-0.3, -0.25) is 4.79 Å². The van der Waals surface area contributed by atoms with Crippen molar-refractivity contribution in [3.8, 4) is 0 Å². The number of benzene rings is 1. The number of rotatable bonds is 3. The summed E-state index contributed by atoms with van der Waals surface area (Å²) in [6.07, 6.45) is 0. The minimum absolute atomic E-state index is 0.273. The van der Waals surface area contributed by atoms with Gasteiger partial charge in [0.2, 0.25) is 5.12 Å². The molecule has 0 spiro atoms. The van der Waals surface area contributed by atoms with Crippen molar-refractivity contribution in [3.05, 3.63) is 35.1 Å². The molecule has 0 saturated heterocycles. The molecule has 0 atom stereocenters. The Morgan fingerprint density at radius 3 is 2.67 bits per heavy atom. The first-order valence-corrected chi connectivity index (χ1v) is 5.61. The van der Waals surface area contributed by atoms with Gasteiger partial charge >= 0.3 is 0 Å². The van der Waals surface area contributed by atoms with Gasteiger partial charge in [-0.25, -0.2) is 0 Å². The number of furan rings is 1. The van der Waals surface area contributed by atoms with Crippen molar-refractivity contribution >= 4 is 35.5 Å². The predicted octanol–water partition coefficient (Wildman–Crippen LogP) is 2.77. The average molecular weight is 266 g/mol. The second-order valence-corrected chi connectivity index (χ2v) is 4.04. The van der Waals surface area contributed by atoms with Crippen LogP contribution in [0.5, 0.6) is 0 Å². The molecule has 5 heteroatoms. The van der Waals surface area contributed by atoms with Crippen molar-refractivity contribution in [2.45, 2.75) is 13.5 Å². The number of aryl methyl sites for hydroxylation is 1. The highest BCUT2D eigenvalue weighted by Crippen LogP contribution is 2.28. The molecule has 2 rings (SSSR count). The summed E-state index contributed by atoms with van der Waals surface area (Å²) in [6.45, 7) is 4.24. The van der Waals surface area contributed by atoms with Crippen LogP contribution in [0.15, 0.2) is 22.6 Å². The summed E-state index contributed by atoms with van der Waals surface area (Å²) < 4.78 is 10.6. The van der Waals surface area contributed by atoms with Gasteiger partial charge in [-0.2, -0.15) is 0 Å². The van der Waals surface area contributed by atoms with Crippen molar-refractivity contribution in [1.29, 1.82) is 0 Å². The van der Waals surface area contributed by atoms with E-state index < -0.39 is 0 Å². The molecule has 0 amide bonds. The van der Waals surface area contributed by atoms with E-state index in [1.807, 2.05) is 31.9 Å². The molecule has 0 N–H and O–H groups in total. The fourth-order valence-corrected chi connectivity index (χ4v) is 1.97. The van der Waals surface area contributed by atoms with Gasteiger partial charge in [-0.1, -0.05) is 11.6 Å². The minimum Gasteiger partial charge on any atom is -0.458 e. The molecule has 0 aliphatic rings. The Balaban J connectivity index is 0.000000771. The Morgan fingerprint density at radius 2 is 2.11 bits per heavy atom. The fraction of sp³-hybridized carbons (Fsp3) is 0.231. The number of methoxy groups -OCH3 is 1. The second kappa shape index (κ2) is 6.37. The van der Waals surface area contributed by atoms with Gasteiger partial charge in [0.05, 0.1) is 5.56 Å². The number of ether oxygens (including phenoxy) is 1. The third kappa shape index (κ3) is 2.80. The van der Waals surface area contributed by atoms with Gasteiger partial charge in [-0.15, -0.1) is 12.6 Å². The van der Waals surface area contributed by atoms with Crippen LogP contribution in [-0.2, 0) is 16.1 Å². The van der Waals surface area contributed by atoms with E-state index in [0.717, 1.165) is 10.9 Å². The molecule has 0 saturated carbocycles. The van der Waals surface area contributed by atoms with Gasteiger partial charge in [0.25, 0.3) is 0 Å². The van der Waals surface area contributed by atoms with E-state index in [2.05, 4.69) is 12.6 Å². The van der Waals surface area contributed by atoms with Crippen LogP contribution in [0.3, 0.4) is 0 Å².